The molecule has 0 spiro atoms. The van der Waals surface area contributed by atoms with Gasteiger partial charge in [-0.15, -0.1) is 13.2 Å². The second-order valence-electron chi connectivity index (χ2n) is 11.5. The Labute approximate surface area is 239 Å². The molecule has 43 heavy (non-hydrogen) atoms. The molecule has 3 rings (SSSR count). The van der Waals surface area contributed by atoms with E-state index in [4.69, 9.17) is 0 Å². The first-order chi connectivity index (χ1) is 19.6. The van der Waals surface area contributed by atoms with E-state index in [1.807, 2.05) is 0 Å². The second kappa shape index (κ2) is 12.6. The van der Waals surface area contributed by atoms with Gasteiger partial charge in [0.25, 0.3) is 0 Å². The largest absolute Gasteiger partial charge is 0.522 e. The topological polar surface area (TPSA) is 140 Å². The van der Waals surface area contributed by atoms with E-state index in [1.54, 1.807) is 13.8 Å². The highest BCUT2D eigenvalue weighted by molar-refractivity contribution is 5.98. The molecular formula is C25H31F8N3O7. The van der Waals surface area contributed by atoms with Crippen LogP contribution in [0.1, 0.15) is 40.0 Å². The normalized spacial score (nSPS) is 28.5. The van der Waals surface area contributed by atoms with Crippen LogP contribution in [0.3, 0.4) is 0 Å². The zero-order valence-corrected chi connectivity index (χ0v) is 23.1. The van der Waals surface area contributed by atoms with Crippen LogP contribution in [0.15, 0.2) is 0 Å². The maximum atomic E-state index is 13.6. The van der Waals surface area contributed by atoms with E-state index in [0.717, 1.165) is 6.92 Å². The second-order valence-corrected chi connectivity index (χ2v) is 11.5. The van der Waals surface area contributed by atoms with Crippen molar-refractivity contribution in [3.8, 4) is 0 Å². The molecule has 1 saturated heterocycles. The summed E-state index contributed by atoms with van der Waals surface area (Å²) in [6.45, 7) is -0.502. The highest BCUT2D eigenvalue weighted by Crippen LogP contribution is 2.70. The maximum absolute atomic E-state index is 13.6. The Morgan fingerprint density at radius 1 is 1.07 bits per heavy atom. The summed E-state index contributed by atoms with van der Waals surface area (Å²) >= 11 is 0. The van der Waals surface area contributed by atoms with E-state index in [2.05, 4.69) is 20.1 Å². The third-order valence-electron chi connectivity index (χ3n) is 8.54. The molecule has 0 aromatic carbocycles. The van der Waals surface area contributed by atoms with Crippen molar-refractivity contribution in [2.45, 2.75) is 77.4 Å². The summed E-state index contributed by atoms with van der Waals surface area (Å²) in [5, 5.41) is 6.16. The van der Waals surface area contributed by atoms with Gasteiger partial charge in [0, 0.05) is 18.4 Å². The molecule has 3 amide bonds. The van der Waals surface area contributed by atoms with Gasteiger partial charge in [0.2, 0.25) is 11.8 Å². The zero-order valence-electron chi connectivity index (χ0n) is 23.1. The summed E-state index contributed by atoms with van der Waals surface area (Å²) in [6, 6.07) is -3.91. The molecule has 10 nitrogen and oxygen atoms in total. The molecule has 4 unspecified atom stereocenters. The van der Waals surface area contributed by atoms with Crippen molar-refractivity contribution in [2.75, 3.05) is 13.2 Å². The molecule has 0 radical (unpaired) electrons. The van der Waals surface area contributed by atoms with Gasteiger partial charge >= 0.3 is 25.1 Å². The number of nitrogens with one attached hydrogen (secondary N) is 3. The maximum Gasteiger partial charge on any atom is 0.522 e. The van der Waals surface area contributed by atoms with Crippen LogP contribution in [0.2, 0.25) is 0 Å². The molecule has 0 aromatic heterocycles. The Hall–Kier alpha value is -2.89. The Balaban J connectivity index is 1.88. The molecule has 1 aliphatic heterocycles. The van der Waals surface area contributed by atoms with Crippen molar-refractivity contribution in [2.24, 2.45) is 35.0 Å². The van der Waals surface area contributed by atoms with E-state index in [9.17, 15) is 59.1 Å². The first-order valence-corrected chi connectivity index (χ1v) is 13.3. The number of halogens is 8. The molecule has 8 atom stereocenters. The van der Waals surface area contributed by atoms with E-state index < -0.39 is 109 Å². The quantitative estimate of drug-likeness (QED) is 0.263. The number of hydrogen-bond acceptors (Lipinski definition) is 7. The summed E-state index contributed by atoms with van der Waals surface area (Å²) < 4.78 is 110. The molecule has 3 N–H and O–H groups in total. The molecular weight excluding hydrogens is 606 g/mol. The Morgan fingerprint density at radius 3 is 2.21 bits per heavy atom. The van der Waals surface area contributed by atoms with Gasteiger partial charge in [-0.3, -0.25) is 28.7 Å². The minimum Gasteiger partial charge on any atom is -0.356 e. The van der Waals surface area contributed by atoms with Crippen molar-refractivity contribution < 1.29 is 68.6 Å². The first-order valence-electron chi connectivity index (χ1n) is 13.3. The Bertz CT molecular complexity index is 1110. The van der Waals surface area contributed by atoms with Crippen molar-refractivity contribution in [1.29, 1.82) is 0 Å². The molecule has 2 aliphatic carbocycles. The van der Waals surface area contributed by atoms with Crippen molar-refractivity contribution in [3.63, 3.8) is 0 Å². The summed E-state index contributed by atoms with van der Waals surface area (Å²) in [5.74, 6) is -11.1. The van der Waals surface area contributed by atoms with Crippen LogP contribution in [0.4, 0.5) is 35.1 Å². The zero-order chi connectivity index (χ0) is 32.7. The van der Waals surface area contributed by atoms with E-state index in [0.29, 0.717) is 0 Å². The highest BCUT2D eigenvalue weighted by atomic mass is 19.4. The molecule has 3 aliphatic rings. The van der Waals surface area contributed by atoms with Crippen LogP contribution in [-0.2, 0) is 33.4 Å². The minimum atomic E-state index is -5.49. The van der Waals surface area contributed by atoms with E-state index in [1.165, 1.54) is 5.32 Å². The number of alkyl halides is 8. The summed E-state index contributed by atoms with van der Waals surface area (Å²) in [7, 11) is 0. The monoisotopic (exact) mass is 637 g/mol. The third-order valence-corrected chi connectivity index (χ3v) is 8.54. The van der Waals surface area contributed by atoms with Crippen molar-refractivity contribution >= 4 is 29.3 Å². The van der Waals surface area contributed by atoms with Crippen molar-refractivity contribution in [3.05, 3.63) is 0 Å². The lowest BCUT2D eigenvalue weighted by Gasteiger charge is -2.32. The van der Waals surface area contributed by atoms with Crippen LogP contribution >= 0.6 is 0 Å². The number of fused-ring (bicyclic) bond motifs is 1. The average molecular weight is 638 g/mol. The first kappa shape index (κ1) is 34.6. The smallest absolute Gasteiger partial charge is 0.356 e. The lowest BCUT2D eigenvalue weighted by Crippen LogP contribution is -2.56. The highest BCUT2D eigenvalue weighted by Gasteiger charge is 2.70. The number of carbonyl (C=O) groups is 5. The molecule has 0 bridgehead atoms. The SMILES string of the molecule is CC(OC(F)F)C(NC(=O)C(F)(F)F)C(=O)C1C[C@H]2[C@@H]([C@H]1C(=O)NC(C[C@@H]1CCNC1=O)C(=O)COC(F)(F)F)C2(C)C. The van der Waals surface area contributed by atoms with Gasteiger partial charge in [-0.1, -0.05) is 13.8 Å². The van der Waals surface area contributed by atoms with Gasteiger partial charge in [0.05, 0.1) is 18.1 Å². The molecule has 2 saturated carbocycles. The Kier molecular flexibility index (Phi) is 10.1. The number of rotatable bonds is 13. The van der Waals surface area contributed by atoms with Crippen LogP contribution in [0, 0.1) is 35.0 Å². The number of Topliss-reactive ketones (excluding diaryl/α,β-unsaturated/α-hetero) is 2. The fourth-order valence-electron chi connectivity index (χ4n) is 6.32. The van der Waals surface area contributed by atoms with Gasteiger partial charge < -0.3 is 20.7 Å². The summed E-state index contributed by atoms with van der Waals surface area (Å²) in [6.07, 6.45) is -12.9. The van der Waals surface area contributed by atoms with Gasteiger partial charge in [-0.05, 0) is 43.4 Å². The minimum absolute atomic E-state index is 0.0881. The number of hydrogen-bond donors (Lipinski definition) is 3. The van der Waals surface area contributed by atoms with Gasteiger partial charge in [-0.25, -0.2) is 0 Å². The summed E-state index contributed by atoms with van der Waals surface area (Å²) in [5.41, 5.74) is -0.571. The summed E-state index contributed by atoms with van der Waals surface area (Å²) in [4.78, 5) is 63.6. The molecule has 3 fully saturated rings. The third kappa shape index (κ3) is 8.19. The molecule has 1 heterocycles. The molecule has 0 aromatic rings. The lowest BCUT2D eigenvalue weighted by molar-refractivity contribution is -0.321. The van der Waals surface area contributed by atoms with Crippen LogP contribution in [0.5, 0.6) is 0 Å². The van der Waals surface area contributed by atoms with E-state index in [-0.39, 0.29) is 25.3 Å². The number of amides is 3. The predicted octanol–water partition coefficient (Wildman–Crippen LogP) is 2.26. The fraction of sp³-hybridized carbons (Fsp3) is 0.800. The molecule has 18 heteroatoms. The van der Waals surface area contributed by atoms with E-state index >= 15 is 0 Å². The van der Waals surface area contributed by atoms with Gasteiger partial charge in [-0.2, -0.15) is 22.0 Å². The Morgan fingerprint density at radius 2 is 1.70 bits per heavy atom. The van der Waals surface area contributed by atoms with Gasteiger partial charge in [0.1, 0.15) is 12.6 Å². The van der Waals surface area contributed by atoms with Crippen LogP contribution < -0.4 is 16.0 Å². The predicted molar refractivity (Wildman–Crippen MR) is 127 cm³/mol. The standard InChI is InChI=1S/C25H31F8N3O7/c1-9(43-22(26)27)17(36-21(41)24(28,29)30)18(38)11-7-12-16(23(12,2)3)15(11)20(40)35-13(6-10-4-5-34-19(10)39)14(37)8-42-25(31,32)33/h9-13,15-17,22H,4-8H2,1-3H3,(H,34,39)(H,35,40)(H,36,41)/t9?,10-,11?,12-,13?,15-,16-,17?/m0/s1. The number of ketones is 2. The van der Waals surface area contributed by atoms with Gasteiger partial charge in [0.15, 0.2) is 11.6 Å². The number of carbonyl (C=O) groups excluding carboxylic acids is 5. The van der Waals surface area contributed by atoms with Crippen molar-refractivity contribution in [1.82, 2.24) is 16.0 Å². The fourth-order valence-corrected chi connectivity index (χ4v) is 6.32. The van der Waals surface area contributed by atoms with Crippen LogP contribution in [0.25, 0.3) is 0 Å². The average Bonchev–Trinajstić information content (AvgIpc) is 3.22. The number of ether oxygens (including phenoxy) is 2. The van der Waals surface area contributed by atoms with Crippen LogP contribution in [-0.4, -0.2) is 79.8 Å². The lowest BCUT2D eigenvalue weighted by atomic mass is 9.78. The molecule has 244 valence electrons.